The maximum Gasteiger partial charge on any atom is 0.334 e. The Morgan fingerprint density at radius 3 is 2.62 bits per heavy atom. The fraction of sp³-hybridized carbons (Fsp3) is 0.500. The minimum absolute atomic E-state index is 0.0536. The summed E-state index contributed by atoms with van der Waals surface area (Å²) in [7, 11) is 0. The first-order chi connectivity index (χ1) is 11.3. The molecule has 3 rings (SSSR count). The Balaban J connectivity index is 1.92. The molecule has 5 atom stereocenters. The molecular weight excluding hydrogens is 304 g/mol. The highest BCUT2D eigenvalue weighted by Gasteiger charge is 2.53. The number of rotatable bonds is 2. The number of carbonyl (C=O) groups excluding carboxylic acids is 2. The van der Waals surface area contributed by atoms with Gasteiger partial charge in [-0.15, -0.1) is 0 Å². The van der Waals surface area contributed by atoms with Crippen LogP contribution in [0.15, 0.2) is 48.1 Å². The minimum atomic E-state index is -0.423. The van der Waals surface area contributed by atoms with Crippen molar-refractivity contribution in [1.29, 1.82) is 0 Å². The van der Waals surface area contributed by atoms with Crippen molar-refractivity contribution in [2.75, 3.05) is 0 Å². The predicted octanol–water partition coefficient (Wildman–Crippen LogP) is 3.50. The molecule has 0 aromatic heterocycles. The van der Waals surface area contributed by atoms with E-state index >= 15 is 0 Å². The van der Waals surface area contributed by atoms with Gasteiger partial charge in [-0.1, -0.05) is 30.9 Å². The van der Waals surface area contributed by atoms with E-state index < -0.39 is 6.10 Å². The standard InChI is InChI=1S/C20H24O4/c1-10(2)8-17(21)23-16-9-15-13(5)20(22)24-19(15)18-11(3)6-7-14(18)12(16)4/h8,14-16,18-19H,3-7,9H2,1-2H3. The molecule has 4 nitrogen and oxygen atoms in total. The van der Waals surface area contributed by atoms with Crippen molar-refractivity contribution < 1.29 is 19.1 Å². The molecular formula is C20H24O4. The molecule has 0 N–H and O–H groups in total. The summed E-state index contributed by atoms with van der Waals surface area (Å²) in [5.74, 6) is -0.675. The van der Waals surface area contributed by atoms with E-state index in [-0.39, 0.29) is 35.8 Å². The van der Waals surface area contributed by atoms with E-state index in [2.05, 4.69) is 19.7 Å². The van der Waals surface area contributed by atoms with Crippen molar-refractivity contribution >= 4 is 11.9 Å². The molecule has 1 saturated heterocycles. The molecule has 2 aliphatic carbocycles. The molecule has 24 heavy (non-hydrogen) atoms. The van der Waals surface area contributed by atoms with Gasteiger partial charge < -0.3 is 9.47 Å². The van der Waals surface area contributed by atoms with E-state index in [0.29, 0.717) is 12.0 Å². The summed E-state index contributed by atoms with van der Waals surface area (Å²) in [6, 6.07) is 0. The SMILES string of the molecule is C=C1C(=O)OC2C1CC(OC(=O)C=C(C)C)C(=C)C1CCC(=C)C12. The Hall–Kier alpha value is -2.10. The normalized spacial score (nSPS) is 35.0. The third kappa shape index (κ3) is 2.74. The number of allylic oxidation sites excluding steroid dienone is 1. The van der Waals surface area contributed by atoms with Crippen molar-refractivity contribution in [2.24, 2.45) is 17.8 Å². The van der Waals surface area contributed by atoms with Crippen LogP contribution in [0.2, 0.25) is 0 Å². The summed E-state index contributed by atoms with van der Waals surface area (Å²) in [6.45, 7) is 16.0. The summed E-state index contributed by atoms with van der Waals surface area (Å²) in [5, 5.41) is 0. The number of ether oxygens (including phenoxy) is 2. The van der Waals surface area contributed by atoms with Crippen molar-refractivity contribution in [3.63, 3.8) is 0 Å². The Morgan fingerprint density at radius 1 is 1.25 bits per heavy atom. The molecule has 3 fully saturated rings. The molecule has 0 radical (unpaired) electrons. The lowest BCUT2D eigenvalue weighted by molar-refractivity contribution is -0.143. The van der Waals surface area contributed by atoms with Crippen molar-refractivity contribution in [1.82, 2.24) is 0 Å². The minimum Gasteiger partial charge on any atom is -0.458 e. The first kappa shape index (κ1) is 16.7. The van der Waals surface area contributed by atoms with Gasteiger partial charge in [0.1, 0.15) is 12.2 Å². The number of hydrogen-bond donors (Lipinski definition) is 0. The zero-order valence-electron chi connectivity index (χ0n) is 14.3. The summed E-state index contributed by atoms with van der Waals surface area (Å²) in [5.41, 5.74) is 3.35. The van der Waals surface area contributed by atoms with Gasteiger partial charge in [-0.25, -0.2) is 9.59 Å². The van der Waals surface area contributed by atoms with Crippen LogP contribution in [-0.2, 0) is 19.1 Å². The summed E-state index contributed by atoms with van der Waals surface area (Å²) < 4.78 is 11.3. The third-order valence-corrected chi connectivity index (χ3v) is 5.41. The van der Waals surface area contributed by atoms with Gasteiger partial charge in [-0.2, -0.15) is 0 Å². The van der Waals surface area contributed by atoms with Crippen LogP contribution in [-0.4, -0.2) is 24.1 Å². The number of hydrogen-bond acceptors (Lipinski definition) is 4. The fourth-order valence-electron chi connectivity index (χ4n) is 4.23. The lowest BCUT2D eigenvalue weighted by Crippen LogP contribution is -2.28. The van der Waals surface area contributed by atoms with Gasteiger partial charge in [0.25, 0.3) is 0 Å². The van der Waals surface area contributed by atoms with E-state index in [9.17, 15) is 9.59 Å². The highest BCUT2D eigenvalue weighted by atomic mass is 16.6. The molecule has 0 amide bonds. The number of carbonyl (C=O) groups is 2. The highest BCUT2D eigenvalue weighted by molar-refractivity contribution is 5.91. The lowest BCUT2D eigenvalue weighted by atomic mass is 9.82. The van der Waals surface area contributed by atoms with E-state index in [1.807, 2.05) is 13.8 Å². The maximum atomic E-state index is 12.1. The van der Waals surface area contributed by atoms with Gasteiger partial charge in [-0.05, 0) is 44.6 Å². The Bertz CT molecular complexity index is 665. The van der Waals surface area contributed by atoms with Crippen LogP contribution < -0.4 is 0 Å². The summed E-state index contributed by atoms with van der Waals surface area (Å²) >= 11 is 0. The molecule has 0 aromatic rings. The predicted molar refractivity (Wildman–Crippen MR) is 90.9 cm³/mol. The lowest BCUT2D eigenvalue weighted by Gasteiger charge is -2.26. The first-order valence-corrected chi connectivity index (χ1v) is 8.41. The Labute approximate surface area is 142 Å². The van der Waals surface area contributed by atoms with Crippen molar-refractivity contribution in [3.05, 3.63) is 48.1 Å². The van der Waals surface area contributed by atoms with E-state index in [1.165, 1.54) is 6.08 Å². The van der Waals surface area contributed by atoms with Crippen LogP contribution in [0.5, 0.6) is 0 Å². The largest absolute Gasteiger partial charge is 0.458 e. The van der Waals surface area contributed by atoms with Crippen LogP contribution in [0.4, 0.5) is 0 Å². The van der Waals surface area contributed by atoms with Crippen LogP contribution in [0.3, 0.4) is 0 Å². The average Bonchev–Trinajstić information content (AvgIpc) is 2.96. The zero-order valence-corrected chi connectivity index (χ0v) is 14.3. The van der Waals surface area contributed by atoms with Crippen LogP contribution >= 0.6 is 0 Å². The highest BCUT2D eigenvalue weighted by Crippen LogP contribution is 2.52. The van der Waals surface area contributed by atoms with Crippen LogP contribution in [0.1, 0.15) is 33.1 Å². The second-order valence-corrected chi connectivity index (χ2v) is 7.29. The van der Waals surface area contributed by atoms with Crippen LogP contribution in [0.25, 0.3) is 0 Å². The smallest absolute Gasteiger partial charge is 0.334 e. The summed E-state index contributed by atoms with van der Waals surface area (Å²) in [6.07, 6.45) is 3.09. The Kier molecular flexibility index (Phi) is 4.24. The molecule has 1 aliphatic heterocycles. The molecule has 0 aromatic carbocycles. The van der Waals surface area contributed by atoms with Gasteiger partial charge in [-0.3, -0.25) is 0 Å². The monoisotopic (exact) mass is 328 g/mol. The molecule has 4 heteroatoms. The van der Waals surface area contributed by atoms with Gasteiger partial charge in [0.05, 0.1) is 0 Å². The van der Waals surface area contributed by atoms with Crippen molar-refractivity contribution in [3.8, 4) is 0 Å². The maximum absolute atomic E-state index is 12.1. The first-order valence-electron chi connectivity index (χ1n) is 8.41. The molecule has 0 bridgehead atoms. The molecule has 5 unspecified atom stereocenters. The topological polar surface area (TPSA) is 52.6 Å². The quantitative estimate of drug-likeness (QED) is 0.442. The third-order valence-electron chi connectivity index (χ3n) is 5.41. The van der Waals surface area contributed by atoms with E-state index in [0.717, 1.165) is 29.6 Å². The summed E-state index contributed by atoms with van der Waals surface area (Å²) in [4.78, 5) is 24.1. The second-order valence-electron chi connectivity index (χ2n) is 7.29. The van der Waals surface area contributed by atoms with Crippen molar-refractivity contribution in [2.45, 2.75) is 45.3 Å². The molecule has 2 saturated carbocycles. The number of esters is 2. The van der Waals surface area contributed by atoms with Gasteiger partial charge in [0, 0.05) is 23.5 Å². The van der Waals surface area contributed by atoms with Gasteiger partial charge in [0.2, 0.25) is 0 Å². The molecule has 0 spiro atoms. The van der Waals surface area contributed by atoms with Crippen LogP contribution in [0, 0.1) is 17.8 Å². The zero-order chi connectivity index (χ0) is 17.6. The fourth-order valence-corrected chi connectivity index (χ4v) is 4.23. The number of fused-ring (bicyclic) bond motifs is 3. The van der Waals surface area contributed by atoms with Gasteiger partial charge >= 0.3 is 11.9 Å². The molecule has 128 valence electrons. The van der Waals surface area contributed by atoms with E-state index in [1.54, 1.807) is 0 Å². The average molecular weight is 328 g/mol. The van der Waals surface area contributed by atoms with Gasteiger partial charge in [0.15, 0.2) is 0 Å². The molecule has 3 aliphatic rings. The molecule has 1 heterocycles. The Morgan fingerprint density at radius 2 is 1.96 bits per heavy atom. The second kappa shape index (κ2) is 6.08. The van der Waals surface area contributed by atoms with E-state index in [4.69, 9.17) is 9.47 Å².